The number of nitrogens with one attached hydrogen (secondary N) is 2. The van der Waals surface area contributed by atoms with Gasteiger partial charge in [0, 0.05) is 12.5 Å². The van der Waals surface area contributed by atoms with E-state index < -0.39 is 12.0 Å². The predicted molar refractivity (Wildman–Crippen MR) is 53.4 cm³/mol. The minimum absolute atomic E-state index is 0.0177. The van der Waals surface area contributed by atoms with Crippen LogP contribution in [0.25, 0.3) is 0 Å². The third-order valence-electron chi connectivity index (χ3n) is 1.62. The number of aromatic nitrogens is 2. The number of aromatic amines is 1. The Balaban J connectivity index is 2.79. The van der Waals surface area contributed by atoms with E-state index in [9.17, 15) is 9.59 Å². The number of rotatable bonds is 4. The van der Waals surface area contributed by atoms with Gasteiger partial charge in [0.2, 0.25) is 0 Å². The van der Waals surface area contributed by atoms with Crippen LogP contribution in [0.15, 0.2) is 17.2 Å². The number of nitrogens with zero attached hydrogens (tertiary/aromatic N) is 1. The molecule has 15 heavy (non-hydrogen) atoms. The van der Waals surface area contributed by atoms with E-state index in [0.29, 0.717) is 0 Å². The summed E-state index contributed by atoms with van der Waals surface area (Å²) in [4.78, 5) is 27.6. The van der Waals surface area contributed by atoms with Gasteiger partial charge in [0.05, 0.1) is 6.33 Å². The van der Waals surface area contributed by atoms with Crippen LogP contribution >= 0.6 is 0 Å². The largest absolute Gasteiger partial charge is 0.480 e. The third-order valence-corrected chi connectivity index (χ3v) is 1.62. The zero-order chi connectivity index (χ0) is 11.3. The average molecular weight is 207 g/mol. The van der Waals surface area contributed by atoms with Crippen LogP contribution in [-0.4, -0.2) is 27.1 Å². The lowest BCUT2D eigenvalue weighted by Gasteiger charge is -2.11. The molecule has 1 rings (SSSR count). The maximum absolute atomic E-state index is 10.9. The number of H-pyrrole nitrogens is 1. The molecule has 0 aliphatic carbocycles. The summed E-state index contributed by atoms with van der Waals surface area (Å²) in [5.74, 6) is 1.32. The van der Waals surface area contributed by atoms with E-state index in [1.807, 2.05) is 0 Å². The molecule has 0 aromatic carbocycles. The van der Waals surface area contributed by atoms with Crippen LogP contribution in [0, 0.1) is 12.3 Å². The molecule has 0 aliphatic rings. The van der Waals surface area contributed by atoms with E-state index in [4.69, 9.17) is 11.5 Å². The lowest BCUT2D eigenvalue weighted by molar-refractivity contribution is -0.137. The molecule has 0 radical (unpaired) electrons. The van der Waals surface area contributed by atoms with Crippen LogP contribution in [0.3, 0.4) is 0 Å². The van der Waals surface area contributed by atoms with Crippen LogP contribution in [-0.2, 0) is 4.79 Å². The van der Waals surface area contributed by atoms with Gasteiger partial charge in [-0.1, -0.05) is 0 Å². The second-order valence-corrected chi connectivity index (χ2v) is 2.74. The third kappa shape index (κ3) is 3.15. The minimum atomic E-state index is -1.09. The smallest absolute Gasteiger partial charge is 0.327 e. The van der Waals surface area contributed by atoms with Crippen molar-refractivity contribution in [1.29, 1.82) is 0 Å². The molecule has 0 spiro atoms. The van der Waals surface area contributed by atoms with Gasteiger partial charge in [0.15, 0.2) is 0 Å². The number of hydrogen-bond donors (Lipinski definition) is 3. The van der Waals surface area contributed by atoms with Gasteiger partial charge >= 0.3 is 5.97 Å². The number of carbonyl (C=O) groups is 1. The molecule has 0 saturated heterocycles. The Morgan fingerprint density at radius 3 is 3.07 bits per heavy atom. The summed E-state index contributed by atoms with van der Waals surface area (Å²) < 4.78 is 0. The van der Waals surface area contributed by atoms with Crippen LogP contribution in [0.2, 0.25) is 0 Å². The van der Waals surface area contributed by atoms with E-state index in [1.165, 1.54) is 6.33 Å². The topological polar surface area (TPSA) is 95.1 Å². The van der Waals surface area contributed by atoms with Gasteiger partial charge in [-0.25, -0.2) is 9.78 Å². The minimum Gasteiger partial charge on any atom is -0.480 e. The number of terminal acetylenes is 1. The molecule has 78 valence electrons. The van der Waals surface area contributed by atoms with Crippen molar-refractivity contribution in [2.45, 2.75) is 12.5 Å². The molecule has 0 fully saturated rings. The molecule has 1 unspecified atom stereocenters. The van der Waals surface area contributed by atoms with Gasteiger partial charge in [-0.05, 0) is 0 Å². The highest BCUT2D eigenvalue weighted by molar-refractivity contribution is 5.77. The van der Waals surface area contributed by atoms with Crippen LogP contribution in [0.5, 0.6) is 0 Å². The van der Waals surface area contributed by atoms with Crippen LogP contribution in [0.1, 0.15) is 6.42 Å². The SMILES string of the molecule is C#CCC(Nc1cc(=O)[nH]cn1)C(=O)O. The maximum Gasteiger partial charge on any atom is 0.327 e. The highest BCUT2D eigenvalue weighted by Gasteiger charge is 2.16. The Labute approximate surface area is 85.4 Å². The van der Waals surface area contributed by atoms with Crippen molar-refractivity contribution in [3.8, 4) is 12.3 Å². The normalized spacial score (nSPS) is 11.4. The van der Waals surface area contributed by atoms with Crippen molar-refractivity contribution in [3.05, 3.63) is 22.7 Å². The van der Waals surface area contributed by atoms with Crippen LogP contribution in [0.4, 0.5) is 5.82 Å². The van der Waals surface area contributed by atoms with Gasteiger partial charge < -0.3 is 15.4 Å². The second-order valence-electron chi connectivity index (χ2n) is 2.74. The number of hydrogen-bond acceptors (Lipinski definition) is 4. The lowest BCUT2D eigenvalue weighted by Crippen LogP contribution is -2.29. The second kappa shape index (κ2) is 4.81. The summed E-state index contributed by atoms with van der Waals surface area (Å²) in [5.41, 5.74) is -0.364. The highest BCUT2D eigenvalue weighted by atomic mass is 16.4. The van der Waals surface area contributed by atoms with Gasteiger partial charge in [0.1, 0.15) is 11.9 Å². The molecule has 0 bridgehead atoms. The van der Waals surface area contributed by atoms with Gasteiger partial charge in [-0.2, -0.15) is 0 Å². The highest BCUT2D eigenvalue weighted by Crippen LogP contribution is 2.02. The first kappa shape index (κ1) is 10.8. The molecule has 0 saturated carbocycles. The number of carboxylic acids is 1. The van der Waals surface area contributed by atoms with E-state index >= 15 is 0 Å². The van der Waals surface area contributed by atoms with Crippen molar-refractivity contribution < 1.29 is 9.90 Å². The quantitative estimate of drug-likeness (QED) is 0.587. The van der Waals surface area contributed by atoms with Gasteiger partial charge in [-0.15, -0.1) is 12.3 Å². The zero-order valence-electron chi connectivity index (χ0n) is 7.73. The number of anilines is 1. The average Bonchev–Trinajstić information content (AvgIpc) is 2.17. The van der Waals surface area contributed by atoms with Crippen molar-refractivity contribution in [1.82, 2.24) is 9.97 Å². The van der Waals surface area contributed by atoms with Crippen LogP contribution < -0.4 is 10.9 Å². The summed E-state index contributed by atoms with van der Waals surface area (Å²) in [5, 5.41) is 11.3. The molecule has 0 amide bonds. The molecule has 1 atom stereocenters. The molecule has 1 heterocycles. The van der Waals surface area contributed by atoms with E-state index in [2.05, 4.69) is 21.2 Å². The first-order valence-electron chi connectivity index (χ1n) is 4.11. The first-order valence-corrected chi connectivity index (χ1v) is 4.11. The fourth-order valence-electron chi connectivity index (χ4n) is 0.944. The Morgan fingerprint density at radius 2 is 2.53 bits per heavy atom. The summed E-state index contributed by atoms with van der Waals surface area (Å²) in [6.07, 6.45) is 6.21. The summed E-state index contributed by atoms with van der Waals surface area (Å²) >= 11 is 0. The maximum atomic E-state index is 10.9. The Morgan fingerprint density at radius 1 is 1.80 bits per heavy atom. The van der Waals surface area contributed by atoms with Crippen molar-refractivity contribution in [2.24, 2.45) is 0 Å². The standard InChI is InChI=1S/C9H9N3O3/c1-2-3-6(9(14)15)12-7-4-8(13)11-5-10-7/h1,4-6H,3H2,(H,14,15)(H2,10,11,12,13). The molecule has 6 nitrogen and oxygen atoms in total. The van der Waals surface area contributed by atoms with Gasteiger partial charge in [0.25, 0.3) is 5.56 Å². The predicted octanol–water partition coefficient (Wildman–Crippen LogP) is -0.342. The Bertz CT molecular complexity index is 446. The van der Waals surface area contributed by atoms with Crippen molar-refractivity contribution in [3.63, 3.8) is 0 Å². The Hall–Kier alpha value is -2.29. The molecule has 1 aromatic heterocycles. The fraction of sp³-hybridized carbons (Fsp3) is 0.222. The van der Waals surface area contributed by atoms with E-state index in [0.717, 1.165) is 6.07 Å². The molecular formula is C9H9N3O3. The molecule has 3 N–H and O–H groups in total. The molecule has 0 aliphatic heterocycles. The van der Waals surface area contributed by atoms with E-state index in [-0.39, 0.29) is 17.8 Å². The monoisotopic (exact) mass is 207 g/mol. The summed E-state index contributed by atoms with van der Waals surface area (Å²) in [7, 11) is 0. The lowest BCUT2D eigenvalue weighted by atomic mass is 10.2. The van der Waals surface area contributed by atoms with Crippen molar-refractivity contribution >= 4 is 11.8 Å². The summed E-state index contributed by atoms with van der Waals surface area (Å²) in [6.45, 7) is 0. The number of aliphatic carboxylic acids is 1. The first-order chi connectivity index (χ1) is 7.13. The van der Waals surface area contributed by atoms with E-state index in [1.54, 1.807) is 0 Å². The number of carboxylic acid groups (broad SMARTS) is 1. The molecular weight excluding hydrogens is 198 g/mol. The fourth-order valence-corrected chi connectivity index (χ4v) is 0.944. The Kier molecular flexibility index (Phi) is 3.46. The molecule has 1 aromatic rings. The van der Waals surface area contributed by atoms with Crippen molar-refractivity contribution in [2.75, 3.05) is 5.32 Å². The van der Waals surface area contributed by atoms with Gasteiger partial charge in [-0.3, -0.25) is 4.79 Å². The zero-order valence-corrected chi connectivity index (χ0v) is 7.73. The molecule has 6 heteroatoms. The summed E-state index contributed by atoms with van der Waals surface area (Å²) in [6, 6.07) is 0.219.